The zero-order valence-electron chi connectivity index (χ0n) is 14.5. The molecular weight excluding hydrogens is 447 g/mol. The quantitative estimate of drug-likeness (QED) is 0.620. The van der Waals surface area contributed by atoms with Crippen LogP contribution in [0.4, 0.5) is 18.9 Å². The molecule has 0 aliphatic carbocycles. The van der Waals surface area contributed by atoms with Crippen molar-refractivity contribution in [3.8, 4) is 0 Å². The van der Waals surface area contributed by atoms with E-state index in [-0.39, 0.29) is 32.9 Å². The van der Waals surface area contributed by atoms with Crippen LogP contribution in [0, 0.1) is 6.92 Å². The van der Waals surface area contributed by atoms with Gasteiger partial charge in [-0.05, 0) is 35.8 Å². The molecule has 148 valence electrons. The Morgan fingerprint density at radius 1 is 1.29 bits per heavy atom. The second-order valence-electron chi connectivity index (χ2n) is 5.74. The van der Waals surface area contributed by atoms with Gasteiger partial charge in [0.05, 0.1) is 10.2 Å². The van der Waals surface area contributed by atoms with Crippen LogP contribution in [0.1, 0.15) is 39.3 Å². The molecule has 0 aromatic carbocycles. The van der Waals surface area contributed by atoms with Crippen molar-refractivity contribution in [3.63, 3.8) is 0 Å². The summed E-state index contributed by atoms with van der Waals surface area (Å²) in [6, 6.07) is 0.824. The molecular formula is C15H13BrF3N7O2. The van der Waals surface area contributed by atoms with E-state index >= 15 is 0 Å². The monoisotopic (exact) mass is 459 g/mol. The maximum absolute atomic E-state index is 13.3. The molecule has 0 bridgehead atoms. The number of aryl methyl sites for hydroxylation is 2. The third kappa shape index (κ3) is 3.44. The summed E-state index contributed by atoms with van der Waals surface area (Å²) in [6.07, 6.45) is -3.32. The van der Waals surface area contributed by atoms with Crippen LogP contribution in [0.15, 0.2) is 16.7 Å². The Hall–Kier alpha value is -2.96. The number of amides is 2. The summed E-state index contributed by atoms with van der Waals surface area (Å²) in [7, 11) is 0. The average Bonchev–Trinajstić information content (AvgIpc) is 3.15. The number of alkyl halides is 3. The van der Waals surface area contributed by atoms with Gasteiger partial charge in [-0.1, -0.05) is 0 Å². The molecule has 0 radical (unpaired) electrons. The maximum atomic E-state index is 13.3. The molecule has 0 saturated heterocycles. The van der Waals surface area contributed by atoms with Gasteiger partial charge in [0.1, 0.15) is 5.69 Å². The van der Waals surface area contributed by atoms with E-state index in [4.69, 9.17) is 5.73 Å². The summed E-state index contributed by atoms with van der Waals surface area (Å²) in [5, 5.41) is 10.1. The summed E-state index contributed by atoms with van der Waals surface area (Å²) < 4.78 is 41.8. The van der Waals surface area contributed by atoms with Crippen LogP contribution < -0.4 is 11.1 Å². The second-order valence-corrected chi connectivity index (χ2v) is 6.54. The van der Waals surface area contributed by atoms with E-state index in [0.29, 0.717) is 11.1 Å². The first-order valence-corrected chi connectivity index (χ1v) is 8.64. The Morgan fingerprint density at radius 3 is 2.54 bits per heavy atom. The van der Waals surface area contributed by atoms with Crippen LogP contribution in [0.25, 0.3) is 5.65 Å². The normalized spacial score (nSPS) is 11.8. The molecule has 28 heavy (non-hydrogen) atoms. The molecule has 0 fully saturated rings. The lowest BCUT2D eigenvalue weighted by molar-refractivity contribution is -0.142. The Balaban J connectivity index is 2.07. The van der Waals surface area contributed by atoms with Crippen LogP contribution in [-0.4, -0.2) is 36.2 Å². The van der Waals surface area contributed by atoms with E-state index < -0.39 is 23.7 Å². The molecule has 3 N–H and O–H groups in total. The molecule has 3 rings (SSSR count). The van der Waals surface area contributed by atoms with Gasteiger partial charge in [0, 0.05) is 18.4 Å². The van der Waals surface area contributed by atoms with Gasteiger partial charge in [0.25, 0.3) is 11.8 Å². The molecule has 3 aromatic heterocycles. The summed E-state index contributed by atoms with van der Waals surface area (Å²) in [6.45, 7) is 3.56. The zero-order valence-corrected chi connectivity index (χ0v) is 16.1. The first kappa shape index (κ1) is 19.8. The van der Waals surface area contributed by atoms with Crippen LogP contribution in [-0.2, 0) is 12.7 Å². The molecule has 13 heteroatoms. The average molecular weight is 460 g/mol. The highest BCUT2D eigenvalue weighted by atomic mass is 79.9. The third-order valence-electron chi connectivity index (χ3n) is 3.73. The molecule has 2 amide bonds. The lowest BCUT2D eigenvalue weighted by Gasteiger charge is -2.09. The zero-order chi connectivity index (χ0) is 20.8. The number of hydrogen-bond acceptors (Lipinski definition) is 5. The molecule has 0 aliphatic heterocycles. The standard InChI is InChI=1S/C15H13BrF3N7O2/c1-3-25-5-7(10(23-25)12(20)27)22-14(28)11-9(16)13-21-6(2)4-8(15(17,18)19)26(13)24-11/h4-5H,3H2,1-2H3,(H2,20,27)(H,22,28). The second kappa shape index (κ2) is 6.89. The lowest BCUT2D eigenvalue weighted by atomic mass is 10.3. The summed E-state index contributed by atoms with van der Waals surface area (Å²) in [5.41, 5.74) is 3.59. The topological polar surface area (TPSA) is 120 Å². The van der Waals surface area contributed by atoms with Crippen molar-refractivity contribution in [1.82, 2.24) is 24.4 Å². The number of aromatic nitrogens is 5. The minimum Gasteiger partial charge on any atom is -0.364 e. The molecule has 9 nitrogen and oxygen atoms in total. The number of anilines is 1. The van der Waals surface area contributed by atoms with Crippen molar-refractivity contribution in [2.75, 3.05) is 5.32 Å². The fourth-order valence-corrected chi connectivity index (χ4v) is 3.01. The number of fused-ring (bicyclic) bond motifs is 1. The van der Waals surface area contributed by atoms with Gasteiger partial charge in [-0.15, -0.1) is 0 Å². The number of carbonyl (C=O) groups is 2. The molecule has 0 unspecified atom stereocenters. The largest absolute Gasteiger partial charge is 0.433 e. The van der Waals surface area contributed by atoms with Gasteiger partial charge in [0.2, 0.25) is 0 Å². The van der Waals surface area contributed by atoms with E-state index in [1.54, 1.807) is 6.92 Å². The molecule has 0 spiro atoms. The number of nitrogens with one attached hydrogen (secondary N) is 1. The Kier molecular flexibility index (Phi) is 4.87. The highest BCUT2D eigenvalue weighted by Crippen LogP contribution is 2.32. The van der Waals surface area contributed by atoms with E-state index in [1.165, 1.54) is 17.8 Å². The van der Waals surface area contributed by atoms with Gasteiger partial charge in [-0.3, -0.25) is 14.3 Å². The van der Waals surface area contributed by atoms with Crippen LogP contribution in [0.5, 0.6) is 0 Å². The molecule has 0 saturated carbocycles. The number of halogens is 4. The van der Waals surface area contributed by atoms with E-state index in [9.17, 15) is 22.8 Å². The molecule has 0 aliphatic rings. The number of hydrogen-bond donors (Lipinski definition) is 2. The van der Waals surface area contributed by atoms with Crippen LogP contribution in [0.2, 0.25) is 0 Å². The van der Waals surface area contributed by atoms with Gasteiger partial charge in [-0.2, -0.15) is 23.4 Å². The first-order chi connectivity index (χ1) is 13.0. The summed E-state index contributed by atoms with van der Waals surface area (Å²) in [4.78, 5) is 28.1. The Labute approximate surface area is 163 Å². The smallest absolute Gasteiger partial charge is 0.364 e. The number of rotatable bonds is 4. The van der Waals surface area contributed by atoms with Crippen molar-refractivity contribution < 1.29 is 22.8 Å². The molecule has 3 aromatic rings. The van der Waals surface area contributed by atoms with Gasteiger partial charge < -0.3 is 11.1 Å². The van der Waals surface area contributed by atoms with Crippen molar-refractivity contribution in [2.45, 2.75) is 26.6 Å². The van der Waals surface area contributed by atoms with Crippen LogP contribution in [0.3, 0.4) is 0 Å². The summed E-state index contributed by atoms with van der Waals surface area (Å²) >= 11 is 3.08. The van der Waals surface area contributed by atoms with Crippen LogP contribution >= 0.6 is 15.9 Å². The van der Waals surface area contributed by atoms with E-state index in [0.717, 1.165) is 6.07 Å². The van der Waals surface area contributed by atoms with Crippen molar-refractivity contribution >= 4 is 39.1 Å². The minimum absolute atomic E-state index is 0.0171. The number of primary amides is 1. The van der Waals surface area contributed by atoms with E-state index in [1.807, 2.05) is 0 Å². The van der Waals surface area contributed by atoms with Crippen molar-refractivity contribution in [2.24, 2.45) is 5.73 Å². The fraction of sp³-hybridized carbons (Fsp3) is 0.267. The third-order valence-corrected chi connectivity index (χ3v) is 4.46. The highest BCUT2D eigenvalue weighted by Gasteiger charge is 2.36. The number of nitrogens with zero attached hydrogens (tertiary/aromatic N) is 5. The molecule has 3 heterocycles. The molecule has 0 atom stereocenters. The van der Waals surface area contributed by atoms with Gasteiger partial charge >= 0.3 is 6.18 Å². The van der Waals surface area contributed by atoms with Gasteiger partial charge in [0.15, 0.2) is 17.0 Å². The predicted octanol–water partition coefficient (Wildman–Crippen LogP) is 2.39. The highest BCUT2D eigenvalue weighted by molar-refractivity contribution is 9.10. The van der Waals surface area contributed by atoms with E-state index in [2.05, 4.69) is 36.4 Å². The number of carbonyl (C=O) groups excluding carboxylic acids is 2. The SMILES string of the molecule is CCn1cc(NC(=O)c2nn3c(C(F)(F)F)cc(C)nc3c2Br)c(C(N)=O)n1. The summed E-state index contributed by atoms with van der Waals surface area (Å²) in [5.74, 6) is -1.73. The number of nitrogens with two attached hydrogens (primary N) is 1. The minimum atomic E-state index is -4.70. The lowest BCUT2D eigenvalue weighted by Crippen LogP contribution is -2.19. The van der Waals surface area contributed by atoms with Gasteiger partial charge in [-0.25, -0.2) is 9.50 Å². The van der Waals surface area contributed by atoms with Crippen molar-refractivity contribution in [1.29, 1.82) is 0 Å². The first-order valence-electron chi connectivity index (χ1n) is 7.84. The van der Waals surface area contributed by atoms with Crippen molar-refractivity contribution in [3.05, 3.63) is 39.5 Å². The predicted molar refractivity (Wildman–Crippen MR) is 94.8 cm³/mol. The fourth-order valence-electron chi connectivity index (χ4n) is 2.50. The Bertz CT molecular complexity index is 1100. The maximum Gasteiger partial charge on any atom is 0.433 e. The Morgan fingerprint density at radius 2 is 1.96 bits per heavy atom.